The van der Waals surface area contributed by atoms with E-state index in [0.717, 1.165) is 16.9 Å². The van der Waals surface area contributed by atoms with E-state index < -0.39 is 10.0 Å². The molecule has 7 nitrogen and oxygen atoms in total. The lowest BCUT2D eigenvalue weighted by Crippen LogP contribution is -2.50. The van der Waals surface area contributed by atoms with Crippen LogP contribution in [-0.2, 0) is 16.6 Å². The van der Waals surface area contributed by atoms with Crippen LogP contribution in [0.2, 0.25) is 0 Å². The summed E-state index contributed by atoms with van der Waals surface area (Å²) in [6, 6.07) is 24.7. The minimum atomic E-state index is -3.54. The number of ether oxygens (including phenoxy) is 1. The molecule has 0 N–H and O–H groups in total. The van der Waals surface area contributed by atoms with Gasteiger partial charge >= 0.3 is 0 Å². The molecule has 0 saturated carbocycles. The molecule has 0 bridgehead atoms. The SMILES string of the molecule is Cc1cccc(-c2ccc(S(=O)(=O)N3CC(n4cc(COc5ccccc5)nn4)C3)cc2)c1. The van der Waals surface area contributed by atoms with Crippen molar-refractivity contribution in [3.63, 3.8) is 0 Å². The van der Waals surface area contributed by atoms with Gasteiger partial charge in [-0.25, -0.2) is 13.1 Å². The van der Waals surface area contributed by atoms with Gasteiger partial charge in [0.05, 0.1) is 17.1 Å². The Kier molecular flexibility index (Phi) is 5.70. The first-order valence-corrected chi connectivity index (χ1v) is 12.2. The maximum atomic E-state index is 13.0. The topological polar surface area (TPSA) is 77.3 Å². The number of nitrogens with zero attached hydrogens (tertiary/aromatic N) is 4. The van der Waals surface area contributed by atoms with Gasteiger partial charge in [-0.3, -0.25) is 0 Å². The predicted octanol–water partition coefficient (Wildman–Crippen LogP) is 4.08. The number of hydrogen-bond acceptors (Lipinski definition) is 5. The molecule has 0 atom stereocenters. The number of hydrogen-bond donors (Lipinski definition) is 0. The highest BCUT2D eigenvalue weighted by molar-refractivity contribution is 7.89. The van der Waals surface area contributed by atoms with Crippen LogP contribution in [0.25, 0.3) is 11.1 Å². The Morgan fingerprint density at radius 2 is 1.70 bits per heavy atom. The first-order chi connectivity index (χ1) is 16.0. The first-order valence-electron chi connectivity index (χ1n) is 10.7. The van der Waals surface area contributed by atoms with Gasteiger partial charge < -0.3 is 4.74 Å². The number of aryl methyl sites for hydroxylation is 1. The van der Waals surface area contributed by atoms with Crippen molar-refractivity contribution in [2.75, 3.05) is 13.1 Å². The van der Waals surface area contributed by atoms with E-state index in [0.29, 0.717) is 30.3 Å². The molecule has 0 unspecified atom stereocenters. The van der Waals surface area contributed by atoms with E-state index in [1.807, 2.05) is 73.8 Å². The number of para-hydroxylation sites is 1. The summed E-state index contributed by atoms with van der Waals surface area (Å²) in [7, 11) is -3.54. The van der Waals surface area contributed by atoms with Crippen molar-refractivity contribution in [3.8, 4) is 16.9 Å². The Balaban J connectivity index is 1.20. The molecule has 1 aliphatic heterocycles. The van der Waals surface area contributed by atoms with Crippen LogP contribution >= 0.6 is 0 Å². The van der Waals surface area contributed by atoms with Crippen LogP contribution in [0.1, 0.15) is 17.3 Å². The average molecular weight is 461 g/mol. The van der Waals surface area contributed by atoms with Crippen molar-refractivity contribution < 1.29 is 13.2 Å². The van der Waals surface area contributed by atoms with E-state index in [-0.39, 0.29) is 6.04 Å². The van der Waals surface area contributed by atoms with E-state index in [2.05, 4.69) is 16.4 Å². The van der Waals surface area contributed by atoms with Crippen LogP contribution in [0.15, 0.2) is 90.0 Å². The van der Waals surface area contributed by atoms with Crippen LogP contribution in [-0.4, -0.2) is 40.8 Å². The van der Waals surface area contributed by atoms with Crippen molar-refractivity contribution >= 4 is 10.0 Å². The summed E-state index contributed by atoms with van der Waals surface area (Å²) in [5, 5.41) is 8.30. The quantitative estimate of drug-likeness (QED) is 0.415. The Bertz CT molecular complexity index is 1350. The minimum Gasteiger partial charge on any atom is -0.487 e. The molecule has 168 valence electrons. The molecule has 0 spiro atoms. The summed E-state index contributed by atoms with van der Waals surface area (Å²) < 4.78 is 34.9. The Labute approximate surface area is 193 Å². The number of rotatable bonds is 7. The molecule has 33 heavy (non-hydrogen) atoms. The van der Waals surface area contributed by atoms with Gasteiger partial charge in [0.2, 0.25) is 10.0 Å². The molecule has 5 rings (SSSR count). The first kappa shape index (κ1) is 21.4. The van der Waals surface area contributed by atoms with Crippen LogP contribution < -0.4 is 4.74 Å². The van der Waals surface area contributed by atoms with E-state index >= 15 is 0 Å². The van der Waals surface area contributed by atoms with Crippen molar-refractivity contribution in [1.82, 2.24) is 19.3 Å². The predicted molar refractivity (Wildman–Crippen MR) is 125 cm³/mol. The molecule has 0 radical (unpaired) electrons. The zero-order valence-electron chi connectivity index (χ0n) is 18.2. The van der Waals surface area contributed by atoms with E-state index in [9.17, 15) is 8.42 Å². The molecule has 1 aliphatic rings. The zero-order chi connectivity index (χ0) is 22.8. The maximum Gasteiger partial charge on any atom is 0.243 e. The highest BCUT2D eigenvalue weighted by Gasteiger charge is 2.38. The largest absolute Gasteiger partial charge is 0.487 e. The number of aromatic nitrogens is 3. The molecule has 1 fully saturated rings. The third kappa shape index (κ3) is 4.53. The van der Waals surface area contributed by atoms with E-state index in [1.165, 1.54) is 9.87 Å². The van der Waals surface area contributed by atoms with Crippen molar-refractivity contribution in [1.29, 1.82) is 0 Å². The average Bonchev–Trinajstić information content (AvgIpc) is 3.26. The second kappa shape index (κ2) is 8.80. The van der Waals surface area contributed by atoms with Gasteiger partial charge in [0.25, 0.3) is 0 Å². The van der Waals surface area contributed by atoms with Gasteiger partial charge in [-0.05, 0) is 42.3 Å². The second-order valence-electron chi connectivity index (χ2n) is 8.16. The molecular weight excluding hydrogens is 436 g/mol. The minimum absolute atomic E-state index is 0.0377. The van der Waals surface area contributed by atoms with Crippen LogP contribution in [0.4, 0.5) is 0 Å². The molecule has 1 aromatic heterocycles. The van der Waals surface area contributed by atoms with Gasteiger partial charge in [-0.2, -0.15) is 4.31 Å². The summed E-state index contributed by atoms with van der Waals surface area (Å²) in [6.45, 7) is 3.08. The Morgan fingerprint density at radius 3 is 2.42 bits per heavy atom. The third-order valence-corrected chi connectivity index (χ3v) is 7.58. The van der Waals surface area contributed by atoms with Crippen molar-refractivity contribution in [2.24, 2.45) is 0 Å². The lowest BCUT2D eigenvalue weighted by atomic mass is 10.0. The molecule has 3 aromatic carbocycles. The lowest BCUT2D eigenvalue weighted by molar-refractivity contribution is 0.189. The Morgan fingerprint density at radius 1 is 0.939 bits per heavy atom. The van der Waals surface area contributed by atoms with Gasteiger partial charge in [-0.1, -0.05) is 65.4 Å². The maximum absolute atomic E-state index is 13.0. The molecule has 8 heteroatoms. The lowest BCUT2D eigenvalue weighted by Gasteiger charge is -2.37. The van der Waals surface area contributed by atoms with Gasteiger partial charge in [-0.15, -0.1) is 5.10 Å². The standard InChI is InChI=1S/C25H24N4O3S/c1-19-6-5-7-21(14-19)20-10-12-25(13-11-20)33(30,31)28-16-23(17-28)29-15-22(26-27-29)18-32-24-8-3-2-4-9-24/h2-15,23H,16-18H2,1H3. The fraction of sp³-hybridized carbons (Fsp3) is 0.200. The Hall–Kier alpha value is -3.49. The van der Waals surface area contributed by atoms with E-state index in [1.54, 1.807) is 16.8 Å². The highest BCUT2D eigenvalue weighted by atomic mass is 32.2. The zero-order valence-corrected chi connectivity index (χ0v) is 19.0. The highest BCUT2D eigenvalue weighted by Crippen LogP contribution is 2.29. The van der Waals surface area contributed by atoms with Crippen LogP contribution in [0.5, 0.6) is 5.75 Å². The summed E-state index contributed by atoms with van der Waals surface area (Å²) in [6.07, 6.45) is 1.81. The molecule has 0 aliphatic carbocycles. The second-order valence-corrected chi connectivity index (χ2v) is 10.1. The monoisotopic (exact) mass is 460 g/mol. The molecule has 2 heterocycles. The van der Waals surface area contributed by atoms with Crippen molar-refractivity contribution in [2.45, 2.75) is 24.5 Å². The van der Waals surface area contributed by atoms with Crippen LogP contribution in [0.3, 0.4) is 0 Å². The fourth-order valence-electron chi connectivity index (χ4n) is 3.81. The van der Waals surface area contributed by atoms with Crippen LogP contribution in [0, 0.1) is 6.92 Å². The summed E-state index contributed by atoms with van der Waals surface area (Å²) in [5.41, 5.74) is 3.93. The smallest absolute Gasteiger partial charge is 0.243 e. The molecule has 4 aromatic rings. The van der Waals surface area contributed by atoms with Gasteiger partial charge in [0.1, 0.15) is 18.1 Å². The van der Waals surface area contributed by atoms with Gasteiger partial charge in [0, 0.05) is 13.1 Å². The number of sulfonamides is 1. The summed E-state index contributed by atoms with van der Waals surface area (Å²) in [4.78, 5) is 0.299. The summed E-state index contributed by atoms with van der Waals surface area (Å²) in [5.74, 6) is 0.765. The fourth-order valence-corrected chi connectivity index (χ4v) is 5.32. The number of benzene rings is 3. The normalized spacial score (nSPS) is 14.7. The molecule has 0 amide bonds. The van der Waals surface area contributed by atoms with Crippen molar-refractivity contribution in [3.05, 3.63) is 96.3 Å². The molecule has 1 saturated heterocycles. The van der Waals surface area contributed by atoms with E-state index in [4.69, 9.17) is 4.74 Å². The summed E-state index contributed by atoms with van der Waals surface area (Å²) >= 11 is 0. The molecular formula is C25H24N4O3S. The van der Waals surface area contributed by atoms with Gasteiger partial charge in [0.15, 0.2) is 0 Å². The third-order valence-electron chi connectivity index (χ3n) is 5.73.